The molecule has 0 heterocycles. The quantitative estimate of drug-likeness (QED) is 0.578. The summed E-state index contributed by atoms with van der Waals surface area (Å²) >= 11 is 0. The van der Waals surface area contributed by atoms with Crippen molar-refractivity contribution < 1.29 is 40.3 Å². The Bertz CT molecular complexity index is 908. The first-order valence-electron chi connectivity index (χ1n) is 7.89. The molecule has 0 atom stereocenters. The van der Waals surface area contributed by atoms with E-state index in [1.165, 1.54) is 24.3 Å². The average Bonchev–Trinajstić information content (AvgIpc) is 2.64. The van der Waals surface area contributed by atoms with Crippen molar-refractivity contribution in [2.24, 2.45) is 0 Å². The summed E-state index contributed by atoms with van der Waals surface area (Å²) < 4.78 is 95.1. The maximum absolute atomic E-state index is 13.3. The molecule has 0 aromatic heterocycles. The number of hydrogen-bond acceptors (Lipinski definition) is 2. The second-order valence-corrected chi connectivity index (χ2v) is 5.55. The predicted molar refractivity (Wildman–Crippen MR) is 88.5 cm³/mol. The number of hydrogen-bond donors (Lipinski definition) is 1. The topological polar surface area (TPSA) is 38.3 Å². The Morgan fingerprint density at radius 3 is 2.07 bits per heavy atom. The lowest BCUT2D eigenvalue weighted by atomic mass is 10.0. The Hall–Kier alpha value is -3.22. The van der Waals surface area contributed by atoms with Crippen molar-refractivity contribution in [1.29, 1.82) is 0 Å². The molecule has 0 radical (unpaired) electrons. The van der Waals surface area contributed by atoms with Gasteiger partial charge in [-0.15, -0.1) is 0 Å². The first-order valence-corrected chi connectivity index (χ1v) is 7.89. The van der Waals surface area contributed by atoms with Crippen LogP contribution in [0.5, 0.6) is 5.75 Å². The summed E-state index contributed by atoms with van der Waals surface area (Å²) in [5.41, 5.74) is -4.00. The Morgan fingerprint density at radius 1 is 0.931 bits per heavy atom. The molecule has 1 amide bonds. The van der Waals surface area contributed by atoms with Gasteiger partial charge in [-0.1, -0.05) is 24.0 Å². The summed E-state index contributed by atoms with van der Waals surface area (Å²) in [4.78, 5) is 11.9. The third-order valence-electron chi connectivity index (χ3n) is 3.45. The highest BCUT2D eigenvalue weighted by Gasteiger charge is 2.37. The summed E-state index contributed by atoms with van der Waals surface area (Å²) in [6, 6.07) is 6.10. The number of nitrogens with one attached hydrogen (secondary N) is 1. The fraction of sp³-hybridized carbons (Fsp3) is 0.211. The fourth-order valence-corrected chi connectivity index (χ4v) is 2.10. The summed E-state index contributed by atoms with van der Waals surface area (Å²) in [5, 5.41) is 2.09. The molecule has 0 saturated heterocycles. The minimum Gasteiger partial charge on any atom is -0.478 e. The number of para-hydroxylation sites is 1. The zero-order chi connectivity index (χ0) is 21.7. The Kier molecular flexibility index (Phi) is 6.74. The molecule has 0 spiro atoms. The van der Waals surface area contributed by atoms with Gasteiger partial charge in [-0.25, -0.2) is 4.39 Å². The highest BCUT2D eigenvalue weighted by Crippen LogP contribution is 2.36. The molecule has 29 heavy (non-hydrogen) atoms. The Morgan fingerprint density at radius 2 is 1.52 bits per heavy atom. The van der Waals surface area contributed by atoms with Crippen molar-refractivity contribution >= 4 is 5.91 Å². The van der Waals surface area contributed by atoms with Gasteiger partial charge in [0, 0.05) is 5.56 Å². The maximum Gasteiger partial charge on any atom is 0.416 e. The lowest BCUT2D eigenvalue weighted by Gasteiger charge is -2.13. The van der Waals surface area contributed by atoms with Crippen molar-refractivity contribution in [2.75, 3.05) is 13.2 Å². The maximum atomic E-state index is 13.3. The van der Waals surface area contributed by atoms with Crippen LogP contribution in [-0.2, 0) is 12.4 Å². The molecule has 0 bridgehead atoms. The lowest BCUT2D eigenvalue weighted by Crippen LogP contribution is -2.25. The van der Waals surface area contributed by atoms with E-state index in [1.54, 1.807) is 0 Å². The van der Waals surface area contributed by atoms with Crippen LogP contribution in [0.1, 0.15) is 21.5 Å². The standard InChI is InChI=1S/C19H12F7NO2/c20-15-5-1-2-6-16(15)29-8-4-3-7-27-17(28)12-9-13(18(21,22)23)11-14(10-12)19(24,25)26/h1-2,5-6,9-11H,7-8H2,(H,27,28). The van der Waals surface area contributed by atoms with E-state index in [2.05, 4.69) is 17.2 Å². The van der Waals surface area contributed by atoms with E-state index < -0.39 is 40.8 Å². The molecule has 0 unspecified atom stereocenters. The van der Waals surface area contributed by atoms with E-state index >= 15 is 0 Å². The monoisotopic (exact) mass is 419 g/mol. The molecule has 2 rings (SSSR count). The molecule has 0 fully saturated rings. The van der Waals surface area contributed by atoms with Crippen LogP contribution in [0, 0.1) is 17.7 Å². The van der Waals surface area contributed by atoms with Crippen molar-refractivity contribution in [3.05, 3.63) is 65.0 Å². The van der Waals surface area contributed by atoms with Gasteiger partial charge in [-0.2, -0.15) is 26.3 Å². The van der Waals surface area contributed by atoms with Crippen LogP contribution in [0.15, 0.2) is 42.5 Å². The van der Waals surface area contributed by atoms with Crippen molar-refractivity contribution in [2.45, 2.75) is 12.4 Å². The lowest BCUT2D eigenvalue weighted by molar-refractivity contribution is -0.143. The molecule has 0 aliphatic carbocycles. The summed E-state index contributed by atoms with van der Waals surface area (Å²) in [6.45, 7) is -0.602. The molecule has 0 saturated carbocycles. The molecule has 2 aromatic rings. The molecule has 2 aromatic carbocycles. The zero-order valence-electron chi connectivity index (χ0n) is 14.4. The van der Waals surface area contributed by atoms with Gasteiger partial charge in [-0.3, -0.25) is 4.79 Å². The van der Waals surface area contributed by atoms with Crippen LogP contribution in [0.25, 0.3) is 0 Å². The number of halogens is 7. The van der Waals surface area contributed by atoms with Gasteiger partial charge in [0.05, 0.1) is 17.7 Å². The van der Waals surface area contributed by atoms with Gasteiger partial charge >= 0.3 is 12.4 Å². The largest absolute Gasteiger partial charge is 0.478 e. The van der Waals surface area contributed by atoms with Crippen LogP contribution in [0.4, 0.5) is 30.7 Å². The van der Waals surface area contributed by atoms with Gasteiger partial charge < -0.3 is 10.1 Å². The van der Waals surface area contributed by atoms with Crippen LogP contribution >= 0.6 is 0 Å². The van der Waals surface area contributed by atoms with Gasteiger partial charge in [0.1, 0.15) is 6.61 Å². The number of ether oxygens (including phenoxy) is 1. The van der Waals surface area contributed by atoms with E-state index in [9.17, 15) is 35.5 Å². The number of carbonyl (C=O) groups is 1. The first-order chi connectivity index (χ1) is 13.5. The van der Waals surface area contributed by atoms with Gasteiger partial charge in [-0.05, 0) is 30.3 Å². The smallest absolute Gasteiger partial charge is 0.416 e. The number of amides is 1. The summed E-state index contributed by atoms with van der Waals surface area (Å²) in [7, 11) is 0. The van der Waals surface area contributed by atoms with Gasteiger partial charge in [0.15, 0.2) is 11.6 Å². The molecular weight excluding hydrogens is 407 g/mol. The van der Waals surface area contributed by atoms with Crippen LogP contribution in [0.2, 0.25) is 0 Å². The molecule has 0 aliphatic rings. The second kappa shape index (κ2) is 8.86. The number of benzene rings is 2. The Balaban J connectivity index is 2.01. The van der Waals surface area contributed by atoms with E-state index in [4.69, 9.17) is 4.74 Å². The average molecular weight is 419 g/mol. The van der Waals surface area contributed by atoms with Crippen LogP contribution in [-0.4, -0.2) is 19.1 Å². The zero-order valence-corrected chi connectivity index (χ0v) is 14.4. The van der Waals surface area contributed by atoms with E-state index in [1.807, 2.05) is 0 Å². The molecule has 10 heteroatoms. The summed E-state index contributed by atoms with van der Waals surface area (Å²) in [5.74, 6) is 3.01. The third kappa shape index (κ3) is 6.41. The minimum atomic E-state index is -5.06. The fourth-order valence-electron chi connectivity index (χ4n) is 2.10. The van der Waals surface area contributed by atoms with Gasteiger partial charge in [0.25, 0.3) is 5.91 Å². The molecule has 154 valence electrons. The SMILES string of the molecule is O=C(NCC#CCOc1ccccc1F)c1cc(C(F)(F)F)cc(C(F)(F)F)c1. The molecule has 3 nitrogen and oxygen atoms in total. The van der Waals surface area contributed by atoms with Crippen molar-refractivity contribution in [3.8, 4) is 17.6 Å². The third-order valence-corrected chi connectivity index (χ3v) is 3.45. The predicted octanol–water partition coefficient (Wildman–Crippen LogP) is 4.68. The normalized spacial score (nSPS) is 11.4. The first kappa shape index (κ1) is 22.1. The van der Waals surface area contributed by atoms with Crippen LogP contribution < -0.4 is 10.1 Å². The molecular formula is C19H12F7NO2. The highest BCUT2D eigenvalue weighted by atomic mass is 19.4. The van der Waals surface area contributed by atoms with Crippen molar-refractivity contribution in [1.82, 2.24) is 5.32 Å². The molecule has 1 N–H and O–H groups in total. The Labute approximate surface area is 160 Å². The second-order valence-electron chi connectivity index (χ2n) is 5.55. The minimum absolute atomic E-state index is 0.0468. The van der Waals surface area contributed by atoms with E-state index in [0.29, 0.717) is 12.1 Å². The van der Waals surface area contributed by atoms with Gasteiger partial charge in [0.2, 0.25) is 0 Å². The number of alkyl halides is 6. The van der Waals surface area contributed by atoms with E-state index in [0.717, 1.165) is 0 Å². The highest BCUT2D eigenvalue weighted by molar-refractivity contribution is 5.94. The number of rotatable bonds is 4. The number of carbonyl (C=O) groups excluding carboxylic acids is 1. The van der Waals surface area contributed by atoms with Crippen LogP contribution in [0.3, 0.4) is 0 Å². The molecule has 0 aliphatic heterocycles. The van der Waals surface area contributed by atoms with Crippen molar-refractivity contribution in [3.63, 3.8) is 0 Å². The summed E-state index contributed by atoms with van der Waals surface area (Å²) in [6.07, 6.45) is -10.1. The van der Waals surface area contributed by atoms with E-state index in [-0.39, 0.29) is 25.0 Å².